The smallest absolute Gasteiger partial charge is 0.303 e. The molecule has 9 N–H and O–H groups in total. The first-order valence-electron chi connectivity index (χ1n) is 22.0. The van der Waals surface area contributed by atoms with E-state index in [1.165, 1.54) is 6.92 Å². The quantitative estimate of drug-likeness (QED) is 0.0764. The van der Waals surface area contributed by atoms with Gasteiger partial charge in [-0.2, -0.15) is 0 Å². The molecule has 5 saturated carbocycles. The van der Waals surface area contributed by atoms with Crippen molar-refractivity contribution in [3.63, 3.8) is 0 Å². The van der Waals surface area contributed by atoms with Crippen molar-refractivity contribution in [2.75, 3.05) is 19.8 Å². The van der Waals surface area contributed by atoms with Gasteiger partial charge in [0.2, 0.25) is 0 Å². The van der Waals surface area contributed by atoms with Gasteiger partial charge in [-0.3, -0.25) is 4.79 Å². The van der Waals surface area contributed by atoms with Crippen molar-refractivity contribution in [3.05, 3.63) is 11.6 Å². The van der Waals surface area contributed by atoms with Gasteiger partial charge < -0.3 is 69.6 Å². The van der Waals surface area contributed by atoms with Crippen LogP contribution in [0.4, 0.5) is 0 Å². The molecule has 59 heavy (non-hydrogen) atoms. The Bertz CT molecular complexity index is 1560. The molecule has 0 radical (unpaired) electrons. The van der Waals surface area contributed by atoms with Crippen molar-refractivity contribution >= 4 is 5.97 Å². The molecule has 0 aromatic rings. The van der Waals surface area contributed by atoms with Crippen LogP contribution in [-0.2, 0) is 28.5 Å². The Hall–Kier alpha value is -1.31. The number of aliphatic hydroxyl groups is 9. The Morgan fingerprint density at radius 3 is 2.08 bits per heavy atom. The molecule has 0 aromatic carbocycles. The Balaban J connectivity index is 1.02. The Morgan fingerprint density at radius 2 is 1.44 bits per heavy atom. The maximum absolute atomic E-state index is 12.3. The van der Waals surface area contributed by atoms with Crippen LogP contribution >= 0.6 is 0 Å². The highest BCUT2D eigenvalue weighted by atomic mass is 16.7. The lowest BCUT2D eigenvalue weighted by Gasteiger charge is -2.64. The van der Waals surface area contributed by atoms with Crippen LogP contribution in [0.2, 0.25) is 0 Å². The molecule has 2 unspecified atom stereocenters. The summed E-state index contributed by atoms with van der Waals surface area (Å²) in [6.07, 6.45) is -5.19. The minimum atomic E-state index is -1.51. The van der Waals surface area contributed by atoms with Crippen LogP contribution in [0.5, 0.6) is 0 Å². The van der Waals surface area contributed by atoms with Crippen LogP contribution in [-0.4, -0.2) is 151 Å². The predicted molar refractivity (Wildman–Crippen MR) is 210 cm³/mol. The lowest BCUT2D eigenvalue weighted by Crippen LogP contribution is -2.64. The third kappa shape index (κ3) is 7.18. The van der Waals surface area contributed by atoms with E-state index >= 15 is 0 Å². The summed E-state index contributed by atoms with van der Waals surface area (Å²) in [6, 6.07) is 0. The fraction of sp³-hybridized carbons (Fsp3) is 0.932. The summed E-state index contributed by atoms with van der Waals surface area (Å²) in [4.78, 5) is 12.0. The second-order valence-corrected chi connectivity index (χ2v) is 20.8. The molecule has 7 fully saturated rings. The topological polar surface area (TPSA) is 245 Å². The van der Waals surface area contributed by atoms with E-state index in [1.54, 1.807) is 0 Å². The second-order valence-electron chi connectivity index (χ2n) is 20.8. The lowest BCUT2D eigenvalue weighted by molar-refractivity contribution is -0.330. The van der Waals surface area contributed by atoms with Gasteiger partial charge in [0.15, 0.2) is 18.7 Å². The van der Waals surface area contributed by atoms with E-state index in [4.69, 9.17) is 23.7 Å². The van der Waals surface area contributed by atoms with Crippen LogP contribution < -0.4 is 0 Å². The van der Waals surface area contributed by atoms with E-state index < -0.39 is 104 Å². The van der Waals surface area contributed by atoms with Gasteiger partial charge in [0.25, 0.3) is 0 Å². The van der Waals surface area contributed by atoms with Crippen molar-refractivity contribution in [1.82, 2.24) is 0 Å². The van der Waals surface area contributed by atoms with E-state index in [2.05, 4.69) is 40.7 Å². The normalized spacial score (nSPS) is 52.1. The zero-order valence-electron chi connectivity index (χ0n) is 35.9. The van der Waals surface area contributed by atoms with E-state index in [-0.39, 0.29) is 51.9 Å². The average molecular weight is 841 g/mol. The molecule has 2 aliphatic heterocycles. The number of carbonyl (C=O) groups excluding carboxylic acids is 1. The summed E-state index contributed by atoms with van der Waals surface area (Å²) >= 11 is 0. The number of fused-ring (bicyclic) bond motifs is 2. The molecule has 2 saturated heterocycles. The number of hydrogen-bond donors (Lipinski definition) is 9. The molecule has 7 aliphatic rings. The highest BCUT2D eigenvalue weighted by Gasteiger charge is 2.84. The van der Waals surface area contributed by atoms with Gasteiger partial charge in [-0.25, -0.2) is 0 Å². The second kappa shape index (κ2) is 16.4. The van der Waals surface area contributed by atoms with Crippen molar-refractivity contribution in [3.8, 4) is 0 Å². The number of ether oxygens (including phenoxy) is 5. The highest BCUT2D eigenvalue weighted by Crippen LogP contribution is 2.89. The average Bonchev–Trinajstić information content (AvgIpc) is 3.76. The molecule has 338 valence electrons. The summed E-state index contributed by atoms with van der Waals surface area (Å²) in [7, 11) is 0. The Labute approximate surface area is 348 Å². The van der Waals surface area contributed by atoms with Gasteiger partial charge >= 0.3 is 5.97 Å². The summed E-state index contributed by atoms with van der Waals surface area (Å²) < 4.78 is 29.1. The molecule has 0 amide bonds. The first kappa shape index (κ1) is 45.7. The number of hydrogen-bond acceptors (Lipinski definition) is 15. The van der Waals surface area contributed by atoms with Gasteiger partial charge in [-0.05, 0) is 115 Å². The fourth-order valence-corrected chi connectivity index (χ4v) is 14.6. The van der Waals surface area contributed by atoms with Gasteiger partial charge in [0.05, 0.1) is 38.1 Å². The first-order chi connectivity index (χ1) is 27.6. The molecule has 21 atom stereocenters. The predicted octanol–water partition coefficient (Wildman–Crippen LogP) is 1.30. The molecule has 15 nitrogen and oxygen atoms in total. The first-order valence-corrected chi connectivity index (χ1v) is 22.0. The molecular weight excluding hydrogens is 768 g/mol. The van der Waals surface area contributed by atoms with Crippen LogP contribution in [0.1, 0.15) is 106 Å². The van der Waals surface area contributed by atoms with Crippen LogP contribution in [0.15, 0.2) is 11.6 Å². The van der Waals surface area contributed by atoms with Crippen molar-refractivity contribution in [1.29, 1.82) is 0 Å². The van der Waals surface area contributed by atoms with Crippen molar-refractivity contribution in [2.45, 2.75) is 186 Å². The lowest BCUT2D eigenvalue weighted by atomic mass is 9.41. The van der Waals surface area contributed by atoms with E-state index in [0.29, 0.717) is 19.3 Å². The standard InChI is InChI=1S/C44H72O15/c1-21(19-55-38-35(54)33(52)31(50)26(17-45)57-38)9-8-10-22(2)30-25(49)16-42(7)28-15-24(48)37-40(4,5)29(11-12-44(37)20-43(28,44)14-13-41(30,42)6)59-39-36(56-23(3)47)34(53)32(51)27(18-46)58-39/h9,22,24-39,45-46,48-54H,8,10-20H2,1-7H3/b21-9+/t22-,24+,25+,26-,27-,28?,29+,30+,31-,32-,33+,34+,35-,36-,37?,38-,39+,41-,42+,43+,44-/m1/s1. The Morgan fingerprint density at radius 1 is 0.797 bits per heavy atom. The van der Waals surface area contributed by atoms with Gasteiger partial charge in [0, 0.05) is 6.92 Å². The highest BCUT2D eigenvalue weighted by molar-refractivity contribution is 5.66. The van der Waals surface area contributed by atoms with Crippen molar-refractivity contribution < 1.29 is 74.4 Å². The summed E-state index contributed by atoms with van der Waals surface area (Å²) in [5, 5.41) is 95.6. The van der Waals surface area contributed by atoms with Crippen LogP contribution in [0.25, 0.3) is 0 Å². The summed E-state index contributed by atoms with van der Waals surface area (Å²) in [5.74, 6) is -0.221. The number of allylic oxidation sites excluding steroid dienone is 1. The van der Waals surface area contributed by atoms with Crippen LogP contribution in [0.3, 0.4) is 0 Å². The number of aliphatic hydroxyl groups excluding tert-OH is 9. The monoisotopic (exact) mass is 840 g/mol. The third-order valence-electron chi connectivity index (χ3n) is 17.5. The minimum absolute atomic E-state index is 0.0376. The third-order valence-corrected chi connectivity index (χ3v) is 17.5. The SMILES string of the molecule is CC(=O)O[C@H]1[C@H](O[C@H]2CC[C@]34C[C@]35CC[C@]3(C)[C@@H]([C@H](C)CC/C=C(\C)CO[C@@H]6O[C@H](CO)[C@@H](O)[C@H](O)[C@H]6O)[C@@H](O)C[C@@]3(C)C5C[C@H](O)C4C2(C)C)O[C@H](CO)[C@@H](O)[C@@H]1O. The van der Waals surface area contributed by atoms with E-state index in [9.17, 15) is 50.8 Å². The van der Waals surface area contributed by atoms with Gasteiger partial charge in [0.1, 0.15) is 42.7 Å². The maximum Gasteiger partial charge on any atom is 0.303 e. The molecular formula is C44H72O15. The van der Waals surface area contributed by atoms with Crippen molar-refractivity contribution in [2.24, 2.45) is 50.7 Å². The molecule has 5 aliphatic carbocycles. The fourth-order valence-electron chi connectivity index (χ4n) is 14.6. The van der Waals surface area contributed by atoms with E-state index in [1.807, 2.05) is 6.92 Å². The minimum Gasteiger partial charge on any atom is -0.454 e. The zero-order chi connectivity index (χ0) is 43.2. The number of esters is 1. The largest absolute Gasteiger partial charge is 0.454 e. The van der Waals surface area contributed by atoms with E-state index in [0.717, 1.165) is 44.1 Å². The van der Waals surface area contributed by atoms with Crippen LogP contribution in [0, 0.1) is 50.7 Å². The Kier molecular flexibility index (Phi) is 12.7. The zero-order valence-corrected chi connectivity index (χ0v) is 35.9. The summed E-state index contributed by atoms with van der Waals surface area (Å²) in [6.45, 7) is 13.4. The molecule has 2 heterocycles. The molecule has 0 aromatic heterocycles. The maximum atomic E-state index is 12.3. The number of carbonyl (C=O) groups is 1. The van der Waals surface area contributed by atoms with Gasteiger partial charge in [-0.15, -0.1) is 0 Å². The number of rotatable bonds is 12. The molecule has 15 heteroatoms. The van der Waals surface area contributed by atoms with Gasteiger partial charge in [-0.1, -0.05) is 46.3 Å². The molecule has 7 rings (SSSR count). The molecule has 0 bridgehead atoms. The summed E-state index contributed by atoms with van der Waals surface area (Å²) in [5.41, 5.74) is -0.0147. The molecule has 2 spiro atoms.